The second-order valence-corrected chi connectivity index (χ2v) is 5.07. The van der Waals surface area contributed by atoms with Crippen molar-refractivity contribution in [3.63, 3.8) is 0 Å². The third-order valence-corrected chi connectivity index (χ3v) is 3.36. The van der Waals surface area contributed by atoms with Gasteiger partial charge in [-0.25, -0.2) is 0 Å². The molecule has 0 saturated heterocycles. The maximum absolute atomic E-state index is 11.8. The second kappa shape index (κ2) is 10.1. The molecule has 0 aliphatic heterocycles. The van der Waals surface area contributed by atoms with Crippen molar-refractivity contribution in [2.24, 2.45) is 11.7 Å². The van der Waals surface area contributed by atoms with Crippen molar-refractivity contribution in [2.75, 3.05) is 26.4 Å². The van der Waals surface area contributed by atoms with E-state index in [-0.39, 0.29) is 5.91 Å². The Bertz CT molecular complexity index is 231. The van der Waals surface area contributed by atoms with Crippen LogP contribution in [0.5, 0.6) is 0 Å². The highest BCUT2D eigenvalue weighted by Crippen LogP contribution is 2.17. The minimum atomic E-state index is -1.33. The van der Waals surface area contributed by atoms with E-state index >= 15 is 0 Å². The monoisotopic (exact) mass is 276 g/mol. The average molecular weight is 276 g/mol. The number of hydrogen-bond acceptors (Lipinski definition) is 5. The topological polar surface area (TPSA) is 116 Å². The Morgan fingerprint density at radius 2 is 1.74 bits per heavy atom. The predicted molar refractivity (Wildman–Crippen MR) is 73.4 cm³/mol. The molecule has 6 nitrogen and oxygen atoms in total. The molecule has 1 unspecified atom stereocenters. The fourth-order valence-electron chi connectivity index (χ4n) is 2.04. The van der Waals surface area contributed by atoms with Crippen LogP contribution in [0, 0.1) is 5.92 Å². The van der Waals surface area contributed by atoms with Gasteiger partial charge in [-0.3, -0.25) is 4.79 Å². The normalized spacial score (nSPS) is 13.3. The van der Waals surface area contributed by atoms with Gasteiger partial charge in [0.1, 0.15) is 5.54 Å². The minimum absolute atomic E-state index is 0.268. The molecule has 19 heavy (non-hydrogen) atoms. The van der Waals surface area contributed by atoms with Crippen LogP contribution in [-0.2, 0) is 4.79 Å². The number of carbonyl (C=O) groups excluding carboxylic acids is 1. The minimum Gasteiger partial charge on any atom is -0.394 e. The Morgan fingerprint density at radius 1 is 1.16 bits per heavy atom. The van der Waals surface area contributed by atoms with Gasteiger partial charge < -0.3 is 26.4 Å². The SMILES string of the molecule is CCCC(CCN)CCC(=O)NC(CO)(CO)CO. The zero-order valence-corrected chi connectivity index (χ0v) is 11.8. The van der Waals surface area contributed by atoms with Gasteiger partial charge in [0.2, 0.25) is 5.91 Å². The van der Waals surface area contributed by atoms with Crippen molar-refractivity contribution in [3.8, 4) is 0 Å². The van der Waals surface area contributed by atoms with Crippen LogP contribution in [0.4, 0.5) is 0 Å². The van der Waals surface area contributed by atoms with Crippen LogP contribution >= 0.6 is 0 Å². The molecule has 114 valence electrons. The second-order valence-electron chi connectivity index (χ2n) is 5.07. The fraction of sp³-hybridized carbons (Fsp3) is 0.923. The quantitative estimate of drug-likeness (QED) is 0.344. The molecule has 0 rings (SSSR count). The summed E-state index contributed by atoms with van der Waals surface area (Å²) in [6.07, 6.45) is 4.03. The van der Waals surface area contributed by atoms with Crippen molar-refractivity contribution in [3.05, 3.63) is 0 Å². The van der Waals surface area contributed by atoms with Crippen molar-refractivity contribution < 1.29 is 20.1 Å². The molecule has 6 heteroatoms. The van der Waals surface area contributed by atoms with Gasteiger partial charge >= 0.3 is 0 Å². The number of amides is 1. The maximum atomic E-state index is 11.8. The zero-order valence-electron chi connectivity index (χ0n) is 11.8. The molecule has 0 fully saturated rings. The van der Waals surface area contributed by atoms with Crippen LogP contribution in [0.1, 0.15) is 39.0 Å². The molecule has 0 spiro atoms. The van der Waals surface area contributed by atoms with E-state index in [4.69, 9.17) is 21.1 Å². The fourth-order valence-corrected chi connectivity index (χ4v) is 2.04. The molecule has 0 heterocycles. The van der Waals surface area contributed by atoms with Crippen LogP contribution < -0.4 is 11.1 Å². The number of aliphatic hydroxyl groups is 3. The first kappa shape index (κ1) is 18.3. The van der Waals surface area contributed by atoms with Gasteiger partial charge in [-0.2, -0.15) is 0 Å². The Morgan fingerprint density at radius 3 is 2.16 bits per heavy atom. The van der Waals surface area contributed by atoms with Crippen molar-refractivity contribution in [1.29, 1.82) is 0 Å². The number of nitrogens with two attached hydrogens (primary N) is 1. The summed E-state index contributed by atoms with van der Waals surface area (Å²) in [4.78, 5) is 11.8. The third-order valence-electron chi connectivity index (χ3n) is 3.36. The van der Waals surface area contributed by atoms with Gasteiger partial charge in [-0.15, -0.1) is 0 Å². The summed E-state index contributed by atoms with van der Waals surface area (Å²) in [6.45, 7) is 1.23. The van der Waals surface area contributed by atoms with Gasteiger partial charge in [-0.05, 0) is 25.3 Å². The largest absolute Gasteiger partial charge is 0.394 e. The van der Waals surface area contributed by atoms with E-state index in [0.29, 0.717) is 18.9 Å². The van der Waals surface area contributed by atoms with E-state index in [1.54, 1.807) is 0 Å². The lowest BCUT2D eigenvalue weighted by molar-refractivity contribution is -0.125. The Balaban J connectivity index is 4.21. The van der Waals surface area contributed by atoms with Gasteiger partial charge in [0.15, 0.2) is 0 Å². The Kier molecular flexibility index (Phi) is 9.77. The van der Waals surface area contributed by atoms with Crippen LogP contribution in [-0.4, -0.2) is 53.1 Å². The molecule has 0 saturated carbocycles. The van der Waals surface area contributed by atoms with Crippen molar-refractivity contribution in [2.45, 2.75) is 44.6 Å². The maximum Gasteiger partial charge on any atom is 0.220 e. The van der Waals surface area contributed by atoms with Crippen LogP contribution in [0.2, 0.25) is 0 Å². The van der Waals surface area contributed by atoms with Crippen molar-refractivity contribution >= 4 is 5.91 Å². The summed E-state index contributed by atoms with van der Waals surface area (Å²) in [6, 6.07) is 0. The number of aliphatic hydroxyl groups excluding tert-OH is 3. The first-order chi connectivity index (χ1) is 9.07. The number of nitrogens with one attached hydrogen (secondary N) is 1. The standard InChI is InChI=1S/C13H28N2O4/c1-2-3-11(6-7-14)4-5-12(19)15-13(8-16,9-17)10-18/h11,16-18H,2-10,14H2,1H3,(H,15,19). The zero-order chi connectivity index (χ0) is 14.7. The number of hydrogen-bond donors (Lipinski definition) is 5. The molecule has 0 aliphatic rings. The Labute approximate surface area is 115 Å². The van der Waals surface area contributed by atoms with Gasteiger partial charge in [0.05, 0.1) is 19.8 Å². The van der Waals surface area contributed by atoms with Crippen LogP contribution in [0.3, 0.4) is 0 Å². The van der Waals surface area contributed by atoms with E-state index in [9.17, 15) is 4.79 Å². The smallest absolute Gasteiger partial charge is 0.220 e. The summed E-state index contributed by atoms with van der Waals surface area (Å²) in [5, 5.41) is 29.9. The highest BCUT2D eigenvalue weighted by Gasteiger charge is 2.29. The van der Waals surface area contributed by atoms with Gasteiger partial charge in [-0.1, -0.05) is 19.8 Å². The molecular weight excluding hydrogens is 248 g/mol. The summed E-state index contributed by atoms with van der Waals surface area (Å²) < 4.78 is 0. The van der Waals surface area contributed by atoms with E-state index < -0.39 is 25.4 Å². The molecule has 1 amide bonds. The average Bonchev–Trinajstić information content (AvgIpc) is 2.43. The van der Waals surface area contributed by atoms with Crippen LogP contribution in [0.25, 0.3) is 0 Å². The van der Waals surface area contributed by atoms with E-state index in [2.05, 4.69) is 12.2 Å². The highest BCUT2D eigenvalue weighted by atomic mass is 16.3. The first-order valence-electron chi connectivity index (χ1n) is 6.91. The summed E-state index contributed by atoms with van der Waals surface area (Å²) >= 11 is 0. The number of rotatable bonds is 11. The van der Waals surface area contributed by atoms with E-state index in [1.807, 2.05) is 0 Å². The highest BCUT2D eigenvalue weighted by molar-refractivity contribution is 5.76. The lowest BCUT2D eigenvalue weighted by atomic mass is 9.94. The van der Waals surface area contributed by atoms with Gasteiger partial charge in [0, 0.05) is 6.42 Å². The molecule has 1 atom stereocenters. The molecule has 0 aromatic carbocycles. The Hall–Kier alpha value is -0.690. The lowest BCUT2D eigenvalue weighted by Crippen LogP contribution is -2.57. The molecule has 0 aliphatic carbocycles. The summed E-state index contributed by atoms with van der Waals surface area (Å²) in [7, 11) is 0. The summed E-state index contributed by atoms with van der Waals surface area (Å²) in [5.41, 5.74) is 4.20. The third kappa shape index (κ3) is 6.87. The number of carbonyl (C=O) groups is 1. The molecule has 0 bridgehead atoms. The van der Waals surface area contributed by atoms with Crippen molar-refractivity contribution in [1.82, 2.24) is 5.32 Å². The van der Waals surface area contributed by atoms with E-state index in [0.717, 1.165) is 25.7 Å². The molecule has 6 N–H and O–H groups in total. The van der Waals surface area contributed by atoms with E-state index in [1.165, 1.54) is 0 Å². The van der Waals surface area contributed by atoms with Gasteiger partial charge in [0.25, 0.3) is 0 Å². The molecule has 0 aromatic heterocycles. The first-order valence-corrected chi connectivity index (χ1v) is 6.91. The lowest BCUT2D eigenvalue weighted by Gasteiger charge is -2.29. The van der Waals surface area contributed by atoms with Crippen LogP contribution in [0.15, 0.2) is 0 Å². The predicted octanol–water partition coefficient (Wildman–Crippen LogP) is -0.636. The summed E-state index contributed by atoms with van der Waals surface area (Å²) in [5.74, 6) is 0.155. The molecular formula is C13H28N2O4. The molecule has 0 aromatic rings. The molecule has 0 radical (unpaired) electrons.